The van der Waals surface area contributed by atoms with Crippen molar-refractivity contribution in [3.05, 3.63) is 29.6 Å². The van der Waals surface area contributed by atoms with Gasteiger partial charge in [0.05, 0.1) is 0 Å². The third-order valence-corrected chi connectivity index (χ3v) is 1.98. The van der Waals surface area contributed by atoms with E-state index in [0.29, 0.717) is 12.1 Å². The van der Waals surface area contributed by atoms with Gasteiger partial charge in [-0.3, -0.25) is 0 Å². The van der Waals surface area contributed by atoms with Gasteiger partial charge in [-0.2, -0.15) is 13.2 Å². The molecule has 0 atom stereocenters. The molecule has 0 spiro atoms. The highest BCUT2D eigenvalue weighted by molar-refractivity contribution is 5.34. The summed E-state index contributed by atoms with van der Waals surface area (Å²) in [5.74, 6) is -0.457. The molecule has 0 heterocycles. The summed E-state index contributed by atoms with van der Waals surface area (Å²) in [5, 5.41) is 2.90. The Kier molecular flexibility index (Phi) is 4.74. The molecule has 96 valence electrons. The molecule has 0 saturated heterocycles. The topological polar surface area (TPSA) is 21.3 Å². The first-order valence-corrected chi connectivity index (χ1v) is 5.11. The predicted octanol–water partition coefficient (Wildman–Crippen LogP) is 2.88. The number of benzene rings is 1. The molecule has 6 heteroatoms. The SMILES string of the molecule is CCNCc1cc(F)ccc1OCC(F)(F)F. The van der Waals surface area contributed by atoms with Crippen LogP contribution in [0.15, 0.2) is 18.2 Å². The first kappa shape index (κ1) is 13.8. The molecule has 0 bridgehead atoms. The van der Waals surface area contributed by atoms with Crippen LogP contribution in [0.4, 0.5) is 17.6 Å². The van der Waals surface area contributed by atoms with Gasteiger partial charge in [0.25, 0.3) is 0 Å². The lowest BCUT2D eigenvalue weighted by molar-refractivity contribution is -0.153. The fraction of sp³-hybridized carbons (Fsp3) is 0.455. The second-order valence-electron chi connectivity index (χ2n) is 3.44. The molecule has 1 rings (SSSR count). The fourth-order valence-electron chi connectivity index (χ4n) is 1.25. The van der Waals surface area contributed by atoms with Gasteiger partial charge in [-0.05, 0) is 24.7 Å². The maximum Gasteiger partial charge on any atom is 0.422 e. The average molecular weight is 251 g/mol. The van der Waals surface area contributed by atoms with Crippen molar-refractivity contribution in [2.75, 3.05) is 13.2 Å². The van der Waals surface area contributed by atoms with Crippen LogP contribution in [0.2, 0.25) is 0 Å². The molecule has 0 unspecified atom stereocenters. The first-order chi connectivity index (χ1) is 7.92. The van der Waals surface area contributed by atoms with Crippen LogP contribution in [0.1, 0.15) is 12.5 Å². The van der Waals surface area contributed by atoms with Crippen LogP contribution in [0.3, 0.4) is 0 Å². The van der Waals surface area contributed by atoms with E-state index in [-0.39, 0.29) is 12.3 Å². The molecule has 0 aliphatic rings. The smallest absolute Gasteiger partial charge is 0.422 e. The summed E-state index contributed by atoms with van der Waals surface area (Å²) in [5.41, 5.74) is 0.371. The van der Waals surface area contributed by atoms with Crippen LogP contribution in [0.25, 0.3) is 0 Å². The fourth-order valence-corrected chi connectivity index (χ4v) is 1.25. The van der Waals surface area contributed by atoms with Crippen molar-refractivity contribution >= 4 is 0 Å². The Labute approximate surface area is 96.6 Å². The van der Waals surface area contributed by atoms with E-state index in [1.165, 1.54) is 6.07 Å². The average Bonchev–Trinajstić information content (AvgIpc) is 2.23. The van der Waals surface area contributed by atoms with E-state index in [2.05, 4.69) is 10.1 Å². The molecule has 0 aromatic heterocycles. The summed E-state index contributed by atoms with van der Waals surface area (Å²) < 4.78 is 53.5. The molecule has 0 radical (unpaired) electrons. The Bertz CT molecular complexity index is 365. The zero-order chi connectivity index (χ0) is 12.9. The molecule has 0 fully saturated rings. The maximum atomic E-state index is 12.9. The van der Waals surface area contributed by atoms with Crippen molar-refractivity contribution in [1.82, 2.24) is 5.32 Å². The third-order valence-electron chi connectivity index (χ3n) is 1.98. The standard InChI is InChI=1S/C11H13F4NO/c1-2-16-6-8-5-9(12)3-4-10(8)17-7-11(13,14)15/h3-5,16H,2,6-7H2,1H3. The van der Waals surface area contributed by atoms with Crippen molar-refractivity contribution in [3.63, 3.8) is 0 Å². The van der Waals surface area contributed by atoms with Gasteiger partial charge in [0.2, 0.25) is 0 Å². The van der Waals surface area contributed by atoms with E-state index in [0.717, 1.165) is 12.1 Å². The van der Waals surface area contributed by atoms with Crippen LogP contribution in [0.5, 0.6) is 5.75 Å². The Hall–Kier alpha value is -1.30. The highest BCUT2D eigenvalue weighted by atomic mass is 19.4. The van der Waals surface area contributed by atoms with Gasteiger partial charge in [-0.1, -0.05) is 6.92 Å². The summed E-state index contributed by atoms with van der Waals surface area (Å²) in [6.45, 7) is 1.37. The number of alkyl halides is 3. The second kappa shape index (κ2) is 5.86. The van der Waals surface area contributed by atoms with Gasteiger partial charge >= 0.3 is 6.18 Å². The van der Waals surface area contributed by atoms with E-state index >= 15 is 0 Å². The zero-order valence-corrected chi connectivity index (χ0v) is 9.27. The van der Waals surface area contributed by atoms with E-state index in [1.54, 1.807) is 0 Å². The zero-order valence-electron chi connectivity index (χ0n) is 9.27. The van der Waals surface area contributed by atoms with Crippen LogP contribution in [-0.4, -0.2) is 19.3 Å². The minimum absolute atomic E-state index is 0.0460. The highest BCUT2D eigenvalue weighted by Crippen LogP contribution is 2.23. The lowest BCUT2D eigenvalue weighted by Crippen LogP contribution is -2.20. The quantitative estimate of drug-likeness (QED) is 0.812. The summed E-state index contributed by atoms with van der Waals surface area (Å²) in [6, 6.07) is 3.43. The number of halogens is 4. The molecule has 1 N–H and O–H groups in total. The number of nitrogens with one attached hydrogen (secondary N) is 1. The van der Waals surface area contributed by atoms with Crippen LogP contribution < -0.4 is 10.1 Å². The molecule has 0 amide bonds. The molecule has 0 aliphatic carbocycles. The van der Waals surface area contributed by atoms with Crippen LogP contribution in [-0.2, 0) is 6.54 Å². The number of hydrogen-bond donors (Lipinski definition) is 1. The molecule has 1 aromatic rings. The third kappa shape index (κ3) is 5.04. The molecular weight excluding hydrogens is 238 g/mol. The maximum absolute atomic E-state index is 12.9. The van der Waals surface area contributed by atoms with Gasteiger partial charge < -0.3 is 10.1 Å². The number of hydrogen-bond acceptors (Lipinski definition) is 2. The number of rotatable bonds is 5. The summed E-state index contributed by atoms with van der Waals surface area (Å²) in [7, 11) is 0. The van der Waals surface area contributed by atoms with Gasteiger partial charge in [-0.25, -0.2) is 4.39 Å². The first-order valence-electron chi connectivity index (χ1n) is 5.11. The van der Waals surface area contributed by atoms with Crippen LogP contribution in [0, 0.1) is 5.82 Å². The molecular formula is C11H13F4NO. The van der Waals surface area contributed by atoms with E-state index < -0.39 is 18.6 Å². The summed E-state index contributed by atoms with van der Waals surface area (Å²) in [6.07, 6.45) is -4.40. The van der Waals surface area contributed by atoms with Crippen LogP contribution >= 0.6 is 0 Å². The largest absolute Gasteiger partial charge is 0.484 e. The van der Waals surface area contributed by atoms with Crippen molar-refractivity contribution in [2.45, 2.75) is 19.6 Å². The van der Waals surface area contributed by atoms with Crippen molar-refractivity contribution in [3.8, 4) is 5.75 Å². The number of ether oxygens (including phenoxy) is 1. The second-order valence-corrected chi connectivity index (χ2v) is 3.44. The Morgan fingerprint density at radius 2 is 2.00 bits per heavy atom. The van der Waals surface area contributed by atoms with Gasteiger partial charge in [-0.15, -0.1) is 0 Å². The van der Waals surface area contributed by atoms with Crippen molar-refractivity contribution < 1.29 is 22.3 Å². The van der Waals surface area contributed by atoms with E-state index in [9.17, 15) is 17.6 Å². The molecule has 17 heavy (non-hydrogen) atoms. The monoisotopic (exact) mass is 251 g/mol. The molecule has 1 aromatic carbocycles. The summed E-state index contributed by atoms with van der Waals surface area (Å²) >= 11 is 0. The van der Waals surface area contributed by atoms with Crippen molar-refractivity contribution in [1.29, 1.82) is 0 Å². The van der Waals surface area contributed by atoms with Gasteiger partial charge in [0, 0.05) is 12.1 Å². The normalized spacial score (nSPS) is 11.6. The van der Waals surface area contributed by atoms with E-state index in [4.69, 9.17) is 0 Å². The predicted molar refractivity (Wildman–Crippen MR) is 55.3 cm³/mol. The highest BCUT2D eigenvalue weighted by Gasteiger charge is 2.28. The Balaban J connectivity index is 2.75. The van der Waals surface area contributed by atoms with Gasteiger partial charge in [0.1, 0.15) is 11.6 Å². The molecule has 2 nitrogen and oxygen atoms in total. The minimum Gasteiger partial charge on any atom is -0.484 e. The lowest BCUT2D eigenvalue weighted by atomic mass is 10.2. The van der Waals surface area contributed by atoms with Gasteiger partial charge in [0.15, 0.2) is 6.61 Å². The molecule has 0 aliphatic heterocycles. The lowest BCUT2D eigenvalue weighted by Gasteiger charge is -2.13. The summed E-state index contributed by atoms with van der Waals surface area (Å²) in [4.78, 5) is 0. The Morgan fingerprint density at radius 3 is 2.59 bits per heavy atom. The minimum atomic E-state index is -4.40. The molecule has 0 saturated carbocycles. The van der Waals surface area contributed by atoms with E-state index in [1.807, 2.05) is 6.92 Å². The van der Waals surface area contributed by atoms with Crippen molar-refractivity contribution in [2.24, 2.45) is 0 Å². The Morgan fingerprint density at radius 1 is 1.29 bits per heavy atom.